The molecule has 0 fully saturated rings. The number of fused-ring (bicyclic) bond motifs is 1. The van der Waals surface area contributed by atoms with E-state index in [4.69, 9.17) is 22.2 Å². The van der Waals surface area contributed by atoms with Crippen LogP contribution in [0.1, 0.15) is 25.0 Å². The predicted octanol–water partition coefficient (Wildman–Crippen LogP) is 1.47. The molecule has 118 valence electrons. The maximum atomic E-state index is 12.0. The lowest BCUT2D eigenvalue weighted by Gasteiger charge is -2.32. The maximum absolute atomic E-state index is 12.0. The van der Waals surface area contributed by atoms with Gasteiger partial charge in [0.05, 0.1) is 11.4 Å². The topological polar surface area (TPSA) is 81.4 Å². The lowest BCUT2D eigenvalue weighted by Crippen LogP contribution is -2.55. The maximum Gasteiger partial charge on any atom is 0.154 e. The number of hydrogen-bond acceptors (Lipinski definition) is 5. The van der Waals surface area contributed by atoms with Crippen LogP contribution in [0.4, 0.5) is 0 Å². The molecule has 0 aliphatic carbocycles. The molecule has 1 aromatic carbocycles. The molecule has 1 atom stereocenters. The Morgan fingerprint density at radius 2 is 2.14 bits per heavy atom. The Morgan fingerprint density at radius 1 is 1.48 bits per heavy atom. The minimum Gasteiger partial charge on any atom is -0.493 e. The molecular formula is C14H21ClN2O3S. The standard InChI is InChI=1S/C14H21ClN2O3S/c1-14(2,21(3,18)19)12(17-16)8-10-7-11(15)6-9-4-5-20-13(9)10/h6-7,12,17H,4-5,8,16H2,1-3H3. The second-order valence-corrected chi connectivity index (χ2v) is 8.98. The molecule has 5 nitrogen and oxygen atoms in total. The molecule has 0 saturated heterocycles. The van der Waals surface area contributed by atoms with Crippen LogP contribution in [-0.2, 0) is 22.7 Å². The van der Waals surface area contributed by atoms with Gasteiger partial charge < -0.3 is 4.74 Å². The van der Waals surface area contributed by atoms with Gasteiger partial charge in [0.2, 0.25) is 0 Å². The van der Waals surface area contributed by atoms with Gasteiger partial charge in [-0.05, 0) is 43.5 Å². The van der Waals surface area contributed by atoms with E-state index in [1.54, 1.807) is 13.8 Å². The van der Waals surface area contributed by atoms with E-state index in [9.17, 15) is 8.42 Å². The predicted molar refractivity (Wildman–Crippen MR) is 84.4 cm³/mol. The molecule has 7 heteroatoms. The first-order chi connectivity index (χ1) is 9.66. The molecule has 0 bridgehead atoms. The number of nitrogens with one attached hydrogen (secondary N) is 1. The summed E-state index contributed by atoms with van der Waals surface area (Å²) in [7, 11) is -3.27. The zero-order chi connectivity index (χ0) is 15.8. The molecule has 2 rings (SSSR count). The Hall–Kier alpha value is -0.820. The summed E-state index contributed by atoms with van der Waals surface area (Å²) >= 11 is 6.13. The number of sulfone groups is 1. The lowest BCUT2D eigenvalue weighted by atomic mass is 9.94. The SMILES string of the molecule is CC(C)(C(Cc1cc(Cl)cc2c1OCC2)NN)S(C)(=O)=O. The number of ether oxygens (including phenoxy) is 1. The van der Waals surface area contributed by atoms with Gasteiger partial charge in [-0.1, -0.05) is 11.6 Å². The van der Waals surface area contributed by atoms with Crippen molar-refractivity contribution in [2.24, 2.45) is 5.84 Å². The van der Waals surface area contributed by atoms with Gasteiger partial charge in [-0.2, -0.15) is 0 Å². The number of benzene rings is 1. The van der Waals surface area contributed by atoms with Crippen molar-refractivity contribution in [1.29, 1.82) is 0 Å². The summed E-state index contributed by atoms with van der Waals surface area (Å²) in [5.74, 6) is 6.41. The molecule has 0 radical (unpaired) electrons. The fraction of sp³-hybridized carbons (Fsp3) is 0.571. The van der Waals surface area contributed by atoms with Crippen LogP contribution < -0.4 is 16.0 Å². The van der Waals surface area contributed by atoms with Gasteiger partial charge in [-0.3, -0.25) is 11.3 Å². The summed E-state index contributed by atoms with van der Waals surface area (Å²) in [4.78, 5) is 0. The highest BCUT2D eigenvalue weighted by atomic mass is 35.5. The lowest BCUT2D eigenvalue weighted by molar-refractivity contribution is 0.348. The Balaban J connectivity index is 2.37. The second-order valence-electron chi connectivity index (χ2n) is 5.95. The van der Waals surface area contributed by atoms with Gasteiger partial charge in [0.1, 0.15) is 5.75 Å². The van der Waals surface area contributed by atoms with Crippen LogP contribution in [0.2, 0.25) is 5.02 Å². The van der Waals surface area contributed by atoms with Gasteiger partial charge in [0.15, 0.2) is 9.84 Å². The zero-order valence-electron chi connectivity index (χ0n) is 12.4. The third-order valence-corrected chi connectivity index (χ3v) is 6.66. The van der Waals surface area contributed by atoms with E-state index >= 15 is 0 Å². The van der Waals surface area contributed by atoms with Crippen molar-refractivity contribution in [2.75, 3.05) is 12.9 Å². The van der Waals surface area contributed by atoms with Crippen LogP contribution in [0.3, 0.4) is 0 Å². The average molecular weight is 333 g/mol. The molecule has 3 N–H and O–H groups in total. The monoisotopic (exact) mass is 332 g/mol. The second kappa shape index (κ2) is 5.76. The van der Waals surface area contributed by atoms with Gasteiger partial charge in [-0.25, -0.2) is 8.42 Å². The summed E-state index contributed by atoms with van der Waals surface area (Å²) in [6, 6.07) is 3.26. The van der Waals surface area contributed by atoms with Crippen LogP contribution in [0.15, 0.2) is 12.1 Å². The van der Waals surface area contributed by atoms with Crippen LogP contribution in [0.25, 0.3) is 0 Å². The molecule has 1 unspecified atom stereocenters. The Kier molecular flexibility index (Phi) is 4.54. The van der Waals surface area contributed by atoms with E-state index < -0.39 is 20.6 Å². The van der Waals surface area contributed by atoms with Gasteiger partial charge in [-0.15, -0.1) is 0 Å². The number of hydrazine groups is 1. The summed E-state index contributed by atoms with van der Waals surface area (Å²) in [6.07, 6.45) is 2.47. The van der Waals surface area contributed by atoms with Crippen LogP contribution in [0, 0.1) is 0 Å². The van der Waals surface area contributed by atoms with E-state index in [-0.39, 0.29) is 0 Å². The molecule has 0 spiro atoms. The summed E-state index contributed by atoms with van der Waals surface area (Å²) in [5.41, 5.74) is 4.57. The quantitative estimate of drug-likeness (QED) is 0.630. The molecule has 1 heterocycles. The van der Waals surface area contributed by atoms with Gasteiger partial charge in [0.25, 0.3) is 0 Å². The zero-order valence-corrected chi connectivity index (χ0v) is 14.0. The van der Waals surface area contributed by atoms with Crippen molar-refractivity contribution in [3.8, 4) is 5.75 Å². The molecule has 1 aliphatic rings. The van der Waals surface area contributed by atoms with Crippen LogP contribution in [-0.4, -0.2) is 32.1 Å². The van der Waals surface area contributed by atoms with Gasteiger partial charge >= 0.3 is 0 Å². The minimum absolute atomic E-state index is 0.430. The van der Waals surface area contributed by atoms with E-state index in [2.05, 4.69) is 5.43 Å². The molecule has 21 heavy (non-hydrogen) atoms. The van der Waals surface area contributed by atoms with E-state index in [0.29, 0.717) is 18.1 Å². The Labute approximate surface area is 130 Å². The van der Waals surface area contributed by atoms with Gasteiger partial charge in [0, 0.05) is 23.7 Å². The van der Waals surface area contributed by atoms with E-state index in [1.165, 1.54) is 6.26 Å². The average Bonchev–Trinajstić information content (AvgIpc) is 2.81. The molecule has 0 amide bonds. The fourth-order valence-corrected chi connectivity index (χ4v) is 3.41. The molecule has 1 aromatic rings. The fourth-order valence-electron chi connectivity index (χ4n) is 2.48. The van der Waals surface area contributed by atoms with E-state index in [0.717, 1.165) is 23.3 Å². The normalized spacial score (nSPS) is 16.4. The molecule has 1 aliphatic heterocycles. The van der Waals surface area contributed by atoms with E-state index in [1.807, 2.05) is 12.1 Å². The largest absolute Gasteiger partial charge is 0.493 e. The number of hydrogen-bond donors (Lipinski definition) is 2. The minimum atomic E-state index is -3.27. The molecule has 0 saturated carbocycles. The number of halogens is 1. The highest BCUT2D eigenvalue weighted by molar-refractivity contribution is 7.92. The van der Waals surface area contributed by atoms with Crippen molar-refractivity contribution in [3.63, 3.8) is 0 Å². The summed E-state index contributed by atoms with van der Waals surface area (Å²) in [6.45, 7) is 3.95. The molecular weight excluding hydrogens is 312 g/mol. The van der Waals surface area contributed by atoms with Crippen molar-refractivity contribution >= 4 is 21.4 Å². The number of nitrogens with two attached hydrogens (primary N) is 1. The number of rotatable bonds is 5. The van der Waals surface area contributed by atoms with Crippen LogP contribution in [0.5, 0.6) is 5.75 Å². The first-order valence-electron chi connectivity index (χ1n) is 6.76. The highest BCUT2D eigenvalue weighted by Gasteiger charge is 2.39. The summed E-state index contributed by atoms with van der Waals surface area (Å²) < 4.78 is 28.6. The summed E-state index contributed by atoms with van der Waals surface area (Å²) in [5, 5.41) is 0.627. The third-order valence-electron chi connectivity index (χ3n) is 4.25. The first-order valence-corrected chi connectivity index (χ1v) is 9.03. The third kappa shape index (κ3) is 3.18. The first kappa shape index (κ1) is 16.5. The highest BCUT2D eigenvalue weighted by Crippen LogP contribution is 2.35. The Morgan fingerprint density at radius 3 is 2.71 bits per heavy atom. The molecule has 0 aromatic heterocycles. The van der Waals surface area contributed by atoms with Crippen molar-refractivity contribution < 1.29 is 13.2 Å². The van der Waals surface area contributed by atoms with Crippen molar-refractivity contribution in [2.45, 2.75) is 37.5 Å². The van der Waals surface area contributed by atoms with Crippen molar-refractivity contribution in [3.05, 3.63) is 28.3 Å². The Bertz CT molecular complexity index is 644. The van der Waals surface area contributed by atoms with Crippen molar-refractivity contribution in [1.82, 2.24) is 5.43 Å². The smallest absolute Gasteiger partial charge is 0.154 e. The van der Waals surface area contributed by atoms with Crippen LogP contribution >= 0.6 is 11.6 Å².